The summed E-state index contributed by atoms with van der Waals surface area (Å²) in [5.41, 5.74) is 2.78. The third kappa shape index (κ3) is 2.51. The van der Waals surface area contributed by atoms with E-state index in [0.717, 1.165) is 24.4 Å². The highest BCUT2D eigenvalue weighted by Crippen LogP contribution is 2.34. The molecule has 1 aromatic heterocycles. The lowest BCUT2D eigenvalue weighted by molar-refractivity contribution is 0.298. The van der Waals surface area contributed by atoms with Gasteiger partial charge in [-0.05, 0) is 55.3 Å². The zero-order chi connectivity index (χ0) is 13.2. The van der Waals surface area contributed by atoms with Crippen LogP contribution in [0.15, 0.2) is 18.3 Å². The number of nitrogens with zero attached hydrogens (tertiary/aromatic N) is 2. The number of nitriles is 1. The number of pyridine rings is 1. The summed E-state index contributed by atoms with van der Waals surface area (Å²) in [7, 11) is 0. The number of hydrogen-bond acceptors (Lipinski definition) is 3. The summed E-state index contributed by atoms with van der Waals surface area (Å²) in [6, 6.07) is 4.43. The van der Waals surface area contributed by atoms with Gasteiger partial charge in [-0.3, -0.25) is 0 Å². The summed E-state index contributed by atoms with van der Waals surface area (Å²) in [6.07, 6.45) is 8.98. The molecule has 0 radical (unpaired) electrons. The Morgan fingerprint density at radius 1 is 1.42 bits per heavy atom. The van der Waals surface area contributed by atoms with E-state index < -0.39 is 0 Å². The molecule has 0 bridgehead atoms. The van der Waals surface area contributed by atoms with Crippen molar-refractivity contribution in [2.75, 3.05) is 6.54 Å². The lowest BCUT2D eigenvalue weighted by Crippen LogP contribution is -2.41. The molecule has 2 aliphatic rings. The third-order valence-electron chi connectivity index (χ3n) is 4.14. The van der Waals surface area contributed by atoms with Gasteiger partial charge in [0.1, 0.15) is 11.2 Å². The lowest BCUT2D eigenvalue weighted by atomic mass is 9.79. The highest BCUT2D eigenvalue weighted by molar-refractivity contribution is 6.30. The quantitative estimate of drug-likeness (QED) is 0.800. The molecule has 3 nitrogen and oxygen atoms in total. The first kappa shape index (κ1) is 12.7. The number of rotatable bonds is 1. The second-order valence-corrected chi connectivity index (χ2v) is 5.64. The fourth-order valence-corrected chi connectivity index (χ4v) is 3.23. The molecule has 0 aromatic carbocycles. The summed E-state index contributed by atoms with van der Waals surface area (Å²) in [5.74, 6) is 0.771. The smallest absolute Gasteiger partial charge is 0.146 e. The van der Waals surface area contributed by atoms with Crippen LogP contribution in [0.3, 0.4) is 0 Å². The molecule has 1 aromatic rings. The molecule has 1 fully saturated rings. The third-order valence-corrected chi connectivity index (χ3v) is 4.44. The van der Waals surface area contributed by atoms with Gasteiger partial charge in [0.25, 0.3) is 0 Å². The van der Waals surface area contributed by atoms with Crippen molar-refractivity contribution in [1.29, 1.82) is 5.26 Å². The van der Waals surface area contributed by atoms with Crippen LogP contribution in [0, 0.1) is 17.2 Å². The Morgan fingerprint density at radius 2 is 2.32 bits per heavy atom. The highest BCUT2D eigenvalue weighted by atomic mass is 35.5. The van der Waals surface area contributed by atoms with Crippen molar-refractivity contribution in [3.05, 3.63) is 34.6 Å². The van der Waals surface area contributed by atoms with Crippen LogP contribution in [-0.4, -0.2) is 17.6 Å². The maximum atomic E-state index is 9.02. The predicted molar refractivity (Wildman–Crippen MR) is 75.7 cm³/mol. The van der Waals surface area contributed by atoms with Crippen molar-refractivity contribution in [3.63, 3.8) is 0 Å². The molecule has 2 heterocycles. The Bertz CT molecular complexity index is 559. The van der Waals surface area contributed by atoms with Gasteiger partial charge in [0.15, 0.2) is 0 Å². The summed E-state index contributed by atoms with van der Waals surface area (Å²) in [6.45, 7) is 1.10. The van der Waals surface area contributed by atoms with Gasteiger partial charge in [-0.2, -0.15) is 5.26 Å². The van der Waals surface area contributed by atoms with Crippen LogP contribution in [-0.2, 0) is 0 Å². The summed E-state index contributed by atoms with van der Waals surface area (Å²) >= 11 is 5.88. The molecular formula is C15H16ClN3. The molecule has 0 unspecified atom stereocenters. The van der Waals surface area contributed by atoms with Crippen molar-refractivity contribution < 1.29 is 0 Å². The van der Waals surface area contributed by atoms with Crippen molar-refractivity contribution in [2.45, 2.75) is 31.7 Å². The molecule has 1 aliphatic carbocycles. The van der Waals surface area contributed by atoms with Crippen LogP contribution in [0.5, 0.6) is 0 Å². The summed E-state index contributed by atoms with van der Waals surface area (Å²) < 4.78 is 0. The summed E-state index contributed by atoms with van der Waals surface area (Å²) in [5, 5.41) is 12.9. The fraction of sp³-hybridized carbons (Fsp3) is 0.467. The van der Waals surface area contributed by atoms with E-state index in [1.54, 1.807) is 6.20 Å². The zero-order valence-electron chi connectivity index (χ0n) is 10.7. The Morgan fingerprint density at radius 3 is 3.16 bits per heavy atom. The first-order valence-corrected chi connectivity index (χ1v) is 7.16. The second-order valence-electron chi connectivity index (χ2n) is 5.29. The van der Waals surface area contributed by atoms with Gasteiger partial charge < -0.3 is 5.32 Å². The number of hydrogen-bond donors (Lipinski definition) is 1. The molecule has 0 saturated carbocycles. The maximum Gasteiger partial charge on any atom is 0.146 e. The number of allylic oxidation sites excluding steroid dienone is 1. The van der Waals surface area contributed by atoms with Gasteiger partial charge in [-0.25, -0.2) is 4.98 Å². The normalized spacial score (nSPS) is 26.2. The molecule has 98 valence electrons. The van der Waals surface area contributed by atoms with Crippen molar-refractivity contribution >= 4 is 17.2 Å². The van der Waals surface area contributed by atoms with Crippen molar-refractivity contribution in [1.82, 2.24) is 10.3 Å². The van der Waals surface area contributed by atoms with E-state index in [1.165, 1.54) is 24.8 Å². The van der Waals surface area contributed by atoms with Gasteiger partial charge >= 0.3 is 0 Å². The van der Waals surface area contributed by atoms with Gasteiger partial charge in [-0.15, -0.1) is 0 Å². The van der Waals surface area contributed by atoms with Crippen LogP contribution in [0.1, 0.15) is 36.8 Å². The Hall–Kier alpha value is -1.37. The molecule has 1 aliphatic heterocycles. The van der Waals surface area contributed by atoms with E-state index in [2.05, 4.69) is 22.4 Å². The van der Waals surface area contributed by atoms with E-state index in [9.17, 15) is 0 Å². The van der Waals surface area contributed by atoms with Crippen LogP contribution in [0.2, 0.25) is 5.15 Å². The monoisotopic (exact) mass is 273 g/mol. The van der Waals surface area contributed by atoms with Crippen molar-refractivity contribution in [3.8, 4) is 6.07 Å². The largest absolute Gasteiger partial charge is 0.310 e. The molecule has 1 saturated heterocycles. The molecule has 0 spiro atoms. The van der Waals surface area contributed by atoms with Crippen LogP contribution in [0.25, 0.3) is 5.57 Å². The summed E-state index contributed by atoms with van der Waals surface area (Å²) in [4.78, 5) is 4.11. The molecule has 1 N–H and O–H groups in total. The average Bonchev–Trinajstić information content (AvgIpc) is 2.47. The minimum atomic E-state index is 0.288. The molecular weight excluding hydrogens is 258 g/mol. The molecule has 4 heteroatoms. The first-order valence-electron chi connectivity index (χ1n) is 6.78. The molecule has 3 rings (SSSR count). The SMILES string of the molecule is N#Cc1cc(C2=C[C@@H]3NCCC[C@@H]3CC2)cnc1Cl. The number of aromatic nitrogens is 1. The predicted octanol–water partition coefficient (Wildman–Crippen LogP) is 3.15. The van der Waals surface area contributed by atoms with Crippen molar-refractivity contribution in [2.24, 2.45) is 5.92 Å². The van der Waals surface area contributed by atoms with Gasteiger partial charge in [0, 0.05) is 12.2 Å². The topological polar surface area (TPSA) is 48.7 Å². The second kappa shape index (κ2) is 5.32. The number of halogens is 1. The molecule has 0 amide bonds. The maximum absolute atomic E-state index is 9.02. The number of nitrogens with one attached hydrogen (secondary N) is 1. The van der Waals surface area contributed by atoms with Gasteiger partial charge in [0.2, 0.25) is 0 Å². The molecule has 19 heavy (non-hydrogen) atoms. The van der Waals surface area contributed by atoms with E-state index in [-0.39, 0.29) is 5.15 Å². The van der Waals surface area contributed by atoms with E-state index in [0.29, 0.717) is 11.6 Å². The Balaban J connectivity index is 1.90. The molecule has 2 atom stereocenters. The minimum absolute atomic E-state index is 0.288. The highest BCUT2D eigenvalue weighted by Gasteiger charge is 2.27. The number of fused-ring (bicyclic) bond motifs is 1. The first-order chi connectivity index (χ1) is 9.28. The zero-order valence-corrected chi connectivity index (χ0v) is 11.5. The van der Waals surface area contributed by atoms with Crippen LogP contribution >= 0.6 is 11.6 Å². The van der Waals surface area contributed by atoms with Gasteiger partial charge in [-0.1, -0.05) is 17.7 Å². The van der Waals surface area contributed by atoms with Crippen LogP contribution in [0.4, 0.5) is 0 Å². The van der Waals surface area contributed by atoms with Gasteiger partial charge in [0.05, 0.1) is 5.56 Å². The standard InChI is InChI=1S/C15H16ClN3/c16-15-12(8-17)6-13(9-19-15)11-4-3-10-2-1-5-18-14(10)7-11/h6-7,9-10,14,18H,1-5H2/t10-,14+/m1/s1. The Kier molecular flexibility index (Phi) is 3.54. The fourth-order valence-electron chi connectivity index (χ4n) is 3.08. The number of piperidine rings is 1. The van der Waals surface area contributed by atoms with E-state index >= 15 is 0 Å². The van der Waals surface area contributed by atoms with Crippen LogP contribution < -0.4 is 5.32 Å². The van der Waals surface area contributed by atoms with E-state index in [1.807, 2.05) is 6.07 Å². The Labute approximate surface area is 118 Å². The minimum Gasteiger partial charge on any atom is -0.310 e. The lowest BCUT2D eigenvalue weighted by Gasteiger charge is -2.35. The van der Waals surface area contributed by atoms with E-state index in [4.69, 9.17) is 16.9 Å². The average molecular weight is 274 g/mol.